The first kappa shape index (κ1) is 14.0. The Labute approximate surface area is 101 Å². The van der Waals surface area contributed by atoms with Gasteiger partial charge in [0, 0.05) is 19.4 Å². The lowest BCUT2D eigenvalue weighted by Gasteiger charge is -2.25. The molecule has 5 heteroatoms. The summed E-state index contributed by atoms with van der Waals surface area (Å²) in [6.07, 6.45) is 2.58. The van der Waals surface area contributed by atoms with Crippen LogP contribution >= 0.6 is 0 Å². The molecule has 5 nitrogen and oxygen atoms in total. The maximum absolute atomic E-state index is 11.9. The van der Waals surface area contributed by atoms with Gasteiger partial charge in [-0.3, -0.25) is 9.59 Å². The highest BCUT2D eigenvalue weighted by molar-refractivity contribution is 5.77. The smallest absolute Gasteiger partial charge is 0.303 e. The molecule has 0 radical (unpaired) electrons. The Hall–Kier alpha value is -1.10. The first-order valence-corrected chi connectivity index (χ1v) is 6.18. The van der Waals surface area contributed by atoms with Crippen molar-refractivity contribution in [2.45, 2.75) is 45.1 Å². The van der Waals surface area contributed by atoms with E-state index in [0.717, 1.165) is 6.42 Å². The van der Waals surface area contributed by atoms with Crippen LogP contribution in [0, 0.1) is 5.92 Å². The Morgan fingerprint density at radius 2 is 1.94 bits per heavy atom. The average molecular weight is 243 g/mol. The Balaban J connectivity index is 2.30. The summed E-state index contributed by atoms with van der Waals surface area (Å²) in [4.78, 5) is 23.9. The van der Waals surface area contributed by atoms with Crippen molar-refractivity contribution in [2.75, 3.05) is 13.2 Å². The van der Waals surface area contributed by atoms with Gasteiger partial charge in [-0.25, -0.2) is 0 Å². The lowest BCUT2D eigenvalue weighted by molar-refractivity contribution is -0.138. The van der Waals surface area contributed by atoms with Gasteiger partial charge in [0.15, 0.2) is 0 Å². The highest BCUT2D eigenvalue weighted by Gasteiger charge is 2.33. The van der Waals surface area contributed by atoms with Crippen LogP contribution in [0.4, 0.5) is 0 Å². The number of aliphatic hydroxyl groups excluding tert-OH is 1. The predicted molar refractivity (Wildman–Crippen MR) is 62.5 cm³/mol. The molecule has 1 amide bonds. The van der Waals surface area contributed by atoms with Crippen molar-refractivity contribution < 1.29 is 19.8 Å². The summed E-state index contributed by atoms with van der Waals surface area (Å²) in [6, 6.07) is -0.0537. The van der Waals surface area contributed by atoms with Crippen molar-refractivity contribution in [3.63, 3.8) is 0 Å². The molecule has 1 heterocycles. The topological polar surface area (TPSA) is 77.8 Å². The second kappa shape index (κ2) is 6.59. The first-order valence-electron chi connectivity index (χ1n) is 6.18. The monoisotopic (exact) mass is 243 g/mol. The van der Waals surface area contributed by atoms with Gasteiger partial charge >= 0.3 is 5.97 Å². The number of carboxylic acid groups (broad SMARTS) is 1. The van der Waals surface area contributed by atoms with Crippen LogP contribution in [-0.2, 0) is 9.59 Å². The van der Waals surface area contributed by atoms with Crippen molar-refractivity contribution in [1.29, 1.82) is 0 Å². The van der Waals surface area contributed by atoms with Gasteiger partial charge < -0.3 is 15.1 Å². The summed E-state index contributed by atoms with van der Waals surface area (Å²) >= 11 is 0. The van der Waals surface area contributed by atoms with Gasteiger partial charge in [-0.2, -0.15) is 0 Å². The molecule has 1 aliphatic rings. The molecule has 0 spiro atoms. The second-order valence-corrected chi connectivity index (χ2v) is 4.70. The quantitative estimate of drug-likeness (QED) is 0.678. The van der Waals surface area contributed by atoms with E-state index < -0.39 is 5.97 Å². The molecule has 0 aromatic rings. The van der Waals surface area contributed by atoms with E-state index in [4.69, 9.17) is 5.11 Å². The van der Waals surface area contributed by atoms with Gasteiger partial charge in [-0.15, -0.1) is 0 Å². The van der Waals surface area contributed by atoms with Crippen LogP contribution in [0.15, 0.2) is 0 Å². The molecule has 2 N–H and O–H groups in total. The summed E-state index contributed by atoms with van der Waals surface area (Å²) in [5.41, 5.74) is 0. The first-order chi connectivity index (χ1) is 8.06. The van der Waals surface area contributed by atoms with E-state index in [1.54, 1.807) is 4.90 Å². The number of amides is 1. The zero-order valence-corrected chi connectivity index (χ0v) is 10.3. The molecule has 17 heavy (non-hydrogen) atoms. The number of aliphatic hydroxyl groups is 1. The van der Waals surface area contributed by atoms with Crippen molar-refractivity contribution in [1.82, 2.24) is 4.90 Å². The van der Waals surface area contributed by atoms with E-state index in [1.807, 2.05) is 6.92 Å². The minimum Gasteiger partial charge on any atom is -0.481 e. The predicted octanol–water partition coefficient (Wildman–Crippen LogP) is 0.861. The fourth-order valence-electron chi connectivity index (χ4n) is 2.29. The Morgan fingerprint density at radius 1 is 1.29 bits per heavy atom. The Bertz CT molecular complexity index is 280. The number of nitrogens with zero attached hydrogens (tertiary/aromatic N) is 1. The Kier molecular flexibility index (Phi) is 5.41. The molecule has 1 rings (SSSR count). The van der Waals surface area contributed by atoms with E-state index in [-0.39, 0.29) is 25.0 Å². The molecule has 0 bridgehead atoms. The van der Waals surface area contributed by atoms with Crippen LogP contribution in [0.1, 0.15) is 39.0 Å². The fraction of sp³-hybridized carbons (Fsp3) is 0.833. The summed E-state index contributed by atoms with van der Waals surface area (Å²) < 4.78 is 0. The largest absolute Gasteiger partial charge is 0.481 e. The minimum atomic E-state index is -0.819. The van der Waals surface area contributed by atoms with Gasteiger partial charge in [0.1, 0.15) is 0 Å². The SMILES string of the molecule is CC1CCN(C(=O)CCCCC(=O)O)C1CO. The van der Waals surface area contributed by atoms with E-state index in [0.29, 0.717) is 31.7 Å². The molecule has 1 saturated heterocycles. The minimum absolute atomic E-state index is 0.0159. The van der Waals surface area contributed by atoms with E-state index in [1.165, 1.54) is 0 Å². The molecule has 0 aromatic carbocycles. The van der Waals surface area contributed by atoms with E-state index in [2.05, 4.69) is 0 Å². The molecular formula is C12H21NO4. The van der Waals surface area contributed by atoms with Gasteiger partial charge in [-0.1, -0.05) is 6.92 Å². The molecular weight excluding hydrogens is 222 g/mol. The zero-order valence-electron chi connectivity index (χ0n) is 10.3. The van der Waals surface area contributed by atoms with Crippen LogP contribution in [0.25, 0.3) is 0 Å². The number of likely N-dealkylation sites (tertiary alicyclic amines) is 1. The highest BCUT2D eigenvalue weighted by atomic mass is 16.4. The van der Waals surface area contributed by atoms with Crippen LogP contribution < -0.4 is 0 Å². The number of unbranched alkanes of at least 4 members (excludes halogenated alkanes) is 1. The Morgan fingerprint density at radius 3 is 2.53 bits per heavy atom. The third-order valence-electron chi connectivity index (χ3n) is 3.42. The molecule has 2 atom stereocenters. The normalized spacial score (nSPS) is 24.0. The number of hydrogen-bond acceptors (Lipinski definition) is 3. The fourth-order valence-corrected chi connectivity index (χ4v) is 2.29. The average Bonchev–Trinajstić information content (AvgIpc) is 2.65. The molecule has 0 aromatic heterocycles. The third-order valence-corrected chi connectivity index (χ3v) is 3.42. The van der Waals surface area contributed by atoms with E-state index in [9.17, 15) is 14.7 Å². The second-order valence-electron chi connectivity index (χ2n) is 4.70. The number of hydrogen-bond donors (Lipinski definition) is 2. The molecule has 0 aliphatic carbocycles. The highest BCUT2D eigenvalue weighted by Crippen LogP contribution is 2.24. The molecule has 98 valence electrons. The van der Waals surface area contributed by atoms with Gasteiger partial charge in [-0.05, 0) is 25.2 Å². The van der Waals surface area contributed by atoms with Crippen LogP contribution in [0.5, 0.6) is 0 Å². The van der Waals surface area contributed by atoms with Crippen LogP contribution in [0.2, 0.25) is 0 Å². The maximum Gasteiger partial charge on any atom is 0.303 e. The maximum atomic E-state index is 11.9. The molecule has 0 saturated carbocycles. The molecule has 1 fully saturated rings. The lowest BCUT2D eigenvalue weighted by atomic mass is 10.0. The summed E-state index contributed by atoms with van der Waals surface area (Å²) in [5, 5.41) is 17.7. The summed E-state index contributed by atoms with van der Waals surface area (Å²) in [6.45, 7) is 2.77. The van der Waals surface area contributed by atoms with Crippen molar-refractivity contribution in [3.8, 4) is 0 Å². The number of rotatable bonds is 6. The van der Waals surface area contributed by atoms with Crippen molar-refractivity contribution in [3.05, 3.63) is 0 Å². The summed E-state index contributed by atoms with van der Waals surface area (Å²) in [5.74, 6) is -0.428. The summed E-state index contributed by atoms with van der Waals surface area (Å²) in [7, 11) is 0. The third kappa shape index (κ3) is 4.00. The van der Waals surface area contributed by atoms with Crippen molar-refractivity contribution in [2.24, 2.45) is 5.92 Å². The van der Waals surface area contributed by atoms with E-state index >= 15 is 0 Å². The standard InChI is InChI=1S/C12H21NO4/c1-9-6-7-13(10(9)8-14)11(15)4-2-3-5-12(16)17/h9-10,14H,2-8H2,1H3,(H,16,17). The molecule has 2 unspecified atom stereocenters. The van der Waals surface area contributed by atoms with Gasteiger partial charge in [0.2, 0.25) is 5.91 Å². The van der Waals surface area contributed by atoms with Gasteiger partial charge in [0.05, 0.1) is 12.6 Å². The number of carboxylic acids is 1. The van der Waals surface area contributed by atoms with Crippen LogP contribution in [0.3, 0.4) is 0 Å². The number of carbonyl (C=O) groups excluding carboxylic acids is 1. The number of carbonyl (C=O) groups is 2. The van der Waals surface area contributed by atoms with Crippen LogP contribution in [-0.4, -0.2) is 46.2 Å². The number of aliphatic carboxylic acids is 1. The van der Waals surface area contributed by atoms with Crippen molar-refractivity contribution >= 4 is 11.9 Å². The zero-order chi connectivity index (χ0) is 12.8. The van der Waals surface area contributed by atoms with Gasteiger partial charge in [0.25, 0.3) is 0 Å². The lowest BCUT2D eigenvalue weighted by Crippen LogP contribution is -2.39. The molecule has 1 aliphatic heterocycles.